The fraction of sp³-hybridized carbons (Fsp3) is 0.600. The van der Waals surface area contributed by atoms with E-state index in [1.54, 1.807) is 0 Å². The highest BCUT2D eigenvalue weighted by Gasteiger charge is 2.64. The van der Waals surface area contributed by atoms with Gasteiger partial charge in [-0.1, -0.05) is 20.4 Å². The van der Waals surface area contributed by atoms with Gasteiger partial charge in [0.2, 0.25) is 11.6 Å². The quantitative estimate of drug-likeness (QED) is 0.305. The summed E-state index contributed by atoms with van der Waals surface area (Å²) in [6, 6.07) is 0. The molecule has 5 nitrogen and oxygen atoms in total. The van der Waals surface area contributed by atoms with Gasteiger partial charge < -0.3 is 9.84 Å². The summed E-state index contributed by atoms with van der Waals surface area (Å²) in [6.45, 7) is 9.70. The lowest BCUT2D eigenvalue weighted by Crippen LogP contribution is -2.67. The first kappa shape index (κ1) is 23.0. The van der Waals surface area contributed by atoms with E-state index in [1.807, 2.05) is 13.8 Å². The summed E-state index contributed by atoms with van der Waals surface area (Å²) in [7, 11) is -5.29. The topological polar surface area (TPSA) is 72.8 Å². The lowest BCUT2D eigenvalue weighted by molar-refractivity contribution is -0.237. The van der Waals surface area contributed by atoms with E-state index >= 15 is 0 Å². The molecule has 0 heterocycles. The number of hydrogen-bond donors (Lipinski definition) is 1. The van der Waals surface area contributed by atoms with E-state index in [2.05, 4.69) is 11.3 Å². The Bertz CT molecular complexity index is 974. The van der Waals surface area contributed by atoms with Crippen molar-refractivity contribution in [3.05, 3.63) is 35.4 Å². The Morgan fingerprint density at radius 1 is 1.10 bits per heavy atom. The van der Waals surface area contributed by atoms with E-state index in [-0.39, 0.29) is 23.7 Å². The van der Waals surface area contributed by atoms with Crippen molar-refractivity contribution in [3.8, 4) is 5.75 Å². The maximum atomic E-state index is 14.5. The van der Waals surface area contributed by atoms with Crippen LogP contribution in [0.2, 0.25) is 0 Å². The highest BCUT2D eigenvalue weighted by molar-refractivity contribution is 7.86. The van der Waals surface area contributed by atoms with Crippen LogP contribution in [0, 0.1) is 40.5 Å². The zero-order valence-electron chi connectivity index (χ0n) is 17.1. The van der Waals surface area contributed by atoms with Gasteiger partial charge in [-0.05, 0) is 49.5 Å². The first-order valence-corrected chi connectivity index (χ1v) is 10.8. The van der Waals surface area contributed by atoms with Crippen molar-refractivity contribution in [1.82, 2.24) is 0 Å². The zero-order valence-corrected chi connectivity index (χ0v) is 17.9. The molecule has 3 fully saturated rings. The summed E-state index contributed by atoms with van der Waals surface area (Å²) < 4.78 is 92.3. The van der Waals surface area contributed by atoms with E-state index in [9.17, 15) is 31.1 Å². The summed E-state index contributed by atoms with van der Waals surface area (Å²) in [6.07, 6.45) is -0.548. The minimum Gasteiger partial charge on any atom is -0.483 e. The van der Waals surface area contributed by atoms with Gasteiger partial charge in [-0.2, -0.15) is 17.2 Å². The normalized spacial score (nSPS) is 30.0. The molecule has 10 heteroatoms. The Balaban J connectivity index is 1.96. The molecule has 4 rings (SSSR count). The fourth-order valence-electron chi connectivity index (χ4n) is 4.60. The average molecular weight is 452 g/mol. The second kappa shape index (κ2) is 7.20. The van der Waals surface area contributed by atoms with Crippen LogP contribution >= 0.6 is 0 Å². The van der Waals surface area contributed by atoms with Gasteiger partial charge in [0.25, 0.3) is 0 Å². The van der Waals surface area contributed by atoms with E-state index < -0.39 is 62.3 Å². The van der Waals surface area contributed by atoms with Crippen molar-refractivity contribution in [2.45, 2.75) is 57.1 Å². The number of ether oxygens (including phenoxy) is 1. The predicted molar refractivity (Wildman–Crippen MR) is 99.3 cm³/mol. The number of halogens is 4. The number of aliphatic hydroxyl groups is 1. The van der Waals surface area contributed by atoms with Crippen LogP contribution in [0.1, 0.15) is 40.5 Å². The van der Waals surface area contributed by atoms with Crippen LogP contribution in [-0.2, 0) is 14.3 Å². The summed E-state index contributed by atoms with van der Waals surface area (Å²) in [5.74, 6) is -9.99. The molecule has 1 aromatic rings. The third-order valence-electron chi connectivity index (χ3n) is 6.47. The predicted octanol–water partition coefficient (Wildman–Crippen LogP) is 4.09. The molecule has 168 valence electrons. The average Bonchev–Trinajstić information content (AvgIpc) is 2.60. The standard InChI is InChI=1S/C20H24F4O5S/c1-9(2)8-28-17-13(21)15(23)18(16(24)14(17)22)30(26,27)29-12-7-10-6-11(19(10,3)4)20(12,5)25/h10-12,25H,1,6-8H2,2-5H3. The summed E-state index contributed by atoms with van der Waals surface area (Å²) in [5.41, 5.74) is -1.56. The molecule has 4 unspecified atom stereocenters. The molecule has 0 radical (unpaired) electrons. The Morgan fingerprint density at radius 3 is 2.07 bits per heavy atom. The fourth-order valence-corrected chi connectivity index (χ4v) is 5.89. The van der Waals surface area contributed by atoms with Crippen LogP contribution in [0.5, 0.6) is 5.75 Å². The molecule has 30 heavy (non-hydrogen) atoms. The Labute approximate surface area is 172 Å². The molecule has 4 atom stereocenters. The summed E-state index contributed by atoms with van der Waals surface area (Å²) in [4.78, 5) is -1.89. The molecular weight excluding hydrogens is 428 g/mol. The third kappa shape index (κ3) is 3.42. The van der Waals surface area contributed by atoms with Gasteiger partial charge in [-0.3, -0.25) is 4.18 Å². The van der Waals surface area contributed by atoms with Crippen molar-refractivity contribution in [2.75, 3.05) is 6.61 Å². The SMILES string of the molecule is C=C(C)COc1c(F)c(F)c(S(=O)(=O)OC2CC3CC(C3(C)C)C2(C)O)c(F)c1F. The van der Waals surface area contributed by atoms with Gasteiger partial charge in [0.05, 0.1) is 5.60 Å². The van der Waals surface area contributed by atoms with Crippen LogP contribution in [-0.4, -0.2) is 31.8 Å². The number of rotatable bonds is 6. The van der Waals surface area contributed by atoms with E-state index in [1.165, 1.54) is 13.8 Å². The van der Waals surface area contributed by atoms with E-state index in [4.69, 9.17) is 4.18 Å². The lowest BCUT2D eigenvalue weighted by atomic mass is 9.43. The Hall–Kier alpha value is -1.65. The zero-order chi connectivity index (χ0) is 22.8. The number of fused-ring (bicyclic) bond motifs is 2. The van der Waals surface area contributed by atoms with Crippen molar-refractivity contribution < 1.29 is 40.0 Å². The van der Waals surface area contributed by atoms with E-state index in [0.717, 1.165) is 0 Å². The molecule has 2 bridgehead atoms. The summed E-state index contributed by atoms with van der Waals surface area (Å²) >= 11 is 0. The maximum Gasteiger partial charge on any atom is 0.303 e. The third-order valence-corrected chi connectivity index (χ3v) is 7.81. The second-order valence-electron chi connectivity index (χ2n) is 8.97. The number of benzene rings is 1. The molecule has 1 N–H and O–H groups in total. The summed E-state index contributed by atoms with van der Waals surface area (Å²) in [5, 5.41) is 10.8. The molecule has 0 aliphatic heterocycles. The first-order chi connectivity index (χ1) is 13.6. The van der Waals surface area contributed by atoms with Crippen LogP contribution in [0.25, 0.3) is 0 Å². The maximum absolute atomic E-state index is 14.5. The minimum absolute atomic E-state index is 0.0315. The van der Waals surface area contributed by atoms with Gasteiger partial charge in [0.1, 0.15) is 12.7 Å². The number of hydrogen-bond acceptors (Lipinski definition) is 5. The van der Waals surface area contributed by atoms with Crippen LogP contribution in [0.4, 0.5) is 17.6 Å². The molecular formula is C20H24F4O5S. The van der Waals surface area contributed by atoms with Gasteiger partial charge >= 0.3 is 10.1 Å². The molecule has 3 saturated carbocycles. The molecule has 0 amide bonds. The van der Waals surface area contributed by atoms with Crippen molar-refractivity contribution in [3.63, 3.8) is 0 Å². The van der Waals surface area contributed by atoms with E-state index in [0.29, 0.717) is 12.0 Å². The highest BCUT2D eigenvalue weighted by atomic mass is 32.2. The van der Waals surface area contributed by atoms with Crippen LogP contribution < -0.4 is 4.74 Å². The van der Waals surface area contributed by atoms with Gasteiger partial charge in [-0.25, -0.2) is 8.78 Å². The second-order valence-corrected chi connectivity index (χ2v) is 10.5. The van der Waals surface area contributed by atoms with Crippen molar-refractivity contribution in [1.29, 1.82) is 0 Å². The van der Waals surface area contributed by atoms with Gasteiger partial charge in [0.15, 0.2) is 22.3 Å². The molecule has 0 spiro atoms. The van der Waals surface area contributed by atoms with Crippen molar-refractivity contribution in [2.24, 2.45) is 17.3 Å². The molecule has 3 aliphatic carbocycles. The van der Waals surface area contributed by atoms with Crippen LogP contribution in [0.15, 0.2) is 17.0 Å². The van der Waals surface area contributed by atoms with Gasteiger partial charge in [0, 0.05) is 0 Å². The largest absolute Gasteiger partial charge is 0.483 e. The lowest BCUT2D eigenvalue weighted by Gasteiger charge is -2.64. The molecule has 1 aromatic carbocycles. The van der Waals surface area contributed by atoms with Crippen LogP contribution in [0.3, 0.4) is 0 Å². The minimum atomic E-state index is -5.29. The Morgan fingerprint density at radius 2 is 1.63 bits per heavy atom. The first-order valence-electron chi connectivity index (χ1n) is 9.41. The smallest absolute Gasteiger partial charge is 0.303 e. The van der Waals surface area contributed by atoms with Gasteiger partial charge in [-0.15, -0.1) is 0 Å². The Kier molecular flexibility index (Phi) is 5.53. The molecule has 3 aliphatic rings. The highest BCUT2D eigenvalue weighted by Crippen LogP contribution is 2.63. The van der Waals surface area contributed by atoms with Crippen molar-refractivity contribution >= 4 is 10.1 Å². The molecule has 0 saturated heterocycles. The molecule has 0 aromatic heterocycles. The monoisotopic (exact) mass is 452 g/mol.